The molecule has 0 aliphatic rings. The summed E-state index contributed by atoms with van der Waals surface area (Å²) in [5, 5.41) is 10.5. The lowest BCUT2D eigenvalue weighted by Crippen LogP contribution is -2.28. The molecule has 130 valence electrons. The molecule has 0 aromatic heterocycles. The monoisotopic (exact) mass is 339 g/mol. The first-order valence-electron chi connectivity index (χ1n) is 7.78. The van der Waals surface area contributed by atoms with Crippen molar-refractivity contribution in [2.24, 2.45) is 10.3 Å². The minimum absolute atomic E-state index is 0.115. The number of oxime groups is 2. The number of rotatable bonds is 6. The minimum Gasteiger partial charge on any atom is -0.398 e. The molecule has 0 radical (unpaired) electrons. The molecule has 0 heterocycles. The van der Waals surface area contributed by atoms with Gasteiger partial charge < -0.3 is 15.0 Å². The topological polar surface area (TPSA) is 72.3 Å². The summed E-state index contributed by atoms with van der Waals surface area (Å²) in [7, 11) is 2.91. The van der Waals surface area contributed by atoms with E-state index in [0.717, 1.165) is 16.8 Å². The van der Waals surface area contributed by atoms with Crippen LogP contribution in [0.1, 0.15) is 23.6 Å². The van der Waals surface area contributed by atoms with Crippen molar-refractivity contribution in [3.63, 3.8) is 0 Å². The molecule has 2 rings (SSSR count). The molecule has 0 spiro atoms. The maximum Gasteiger partial charge on any atom is 0.273 e. The highest BCUT2D eigenvalue weighted by Gasteiger charge is 2.18. The fraction of sp³-hybridized carbons (Fsp3) is 0.211. The van der Waals surface area contributed by atoms with Crippen LogP contribution < -0.4 is 10.2 Å². The number of carbonyl (C=O) groups excluding carboxylic acids is 1. The number of benzene rings is 2. The first kappa shape index (κ1) is 18.2. The highest BCUT2D eigenvalue weighted by atomic mass is 16.6. The van der Waals surface area contributed by atoms with Gasteiger partial charge in [-0.15, -0.1) is 0 Å². The lowest BCUT2D eigenvalue weighted by molar-refractivity contribution is -0.114. The Morgan fingerprint density at radius 2 is 1.84 bits per heavy atom. The van der Waals surface area contributed by atoms with E-state index in [1.165, 1.54) is 14.2 Å². The van der Waals surface area contributed by atoms with Crippen LogP contribution in [0.25, 0.3) is 0 Å². The third-order valence-corrected chi connectivity index (χ3v) is 3.48. The van der Waals surface area contributed by atoms with Gasteiger partial charge in [-0.25, -0.2) is 0 Å². The molecule has 0 aliphatic carbocycles. The fourth-order valence-electron chi connectivity index (χ4n) is 2.20. The van der Waals surface area contributed by atoms with E-state index in [1.54, 1.807) is 24.3 Å². The Labute approximate surface area is 147 Å². The van der Waals surface area contributed by atoms with Crippen LogP contribution in [0.3, 0.4) is 0 Å². The van der Waals surface area contributed by atoms with Crippen molar-refractivity contribution in [3.8, 4) is 5.75 Å². The molecule has 0 saturated heterocycles. The Bertz CT molecular complexity index is 813. The van der Waals surface area contributed by atoms with Gasteiger partial charge >= 0.3 is 0 Å². The summed E-state index contributed by atoms with van der Waals surface area (Å²) in [6.45, 7) is 3.88. The highest BCUT2D eigenvalue weighted by Crippen LogP contribution is 2.20. The normalized spacial score (nSPS) is 11.8. The first-order chi connectivity index (χ1) is 12.1. The Balaban J connectivity index is 2.33. The number of para-hydroxylation sites is 1. The number of aryl methyl sites for hydroxylation is 1. The zero-order valence-electron chi connectivity index (χ0n) is 14.7. The Morgan fingerprint density at radius 1 is 1.08 bits per heavy atom. The average molecular weight is 339 g/mol. The first-order valence-corrected chi connectivity index (χ1v) is 7.78. The summed E-state index contributed by atoms with van der Waals surface area (Å²) in [6, 6.07) is 15.0. The van der Waals surface area contributed by atoms with Crippen LogP contribution >= 0.6 is 0 Å². The number of hydrogen-bond donors (Lipinski definition) is 1. The van der Waals surface area contributed by atoms with Gasteiger partial charge in [-0.05, 0) is 31.5 Å². The molecular formula is C19H21N3O3. The summed E-state index contributed by atoms with van der Waals surface area (Å²) < 4.78 is 0. The summed E-state index contributed by atoms with van der Waals surface area (Å²) in [5.41, 5.74) is 3.44. The van der Waals surface area contributed by atoms with Crippen molar-refractivity contribution in [3.05, 3.63) is 65.2 Å². The molecule has 0 aliphatic heterocycles. The predicted molar refractivity (Wildman–Crippen MR) is 98.1 cm³/mol. The van der Waals surface area contributed by atoms with Crippen LogP contribution in [0.5, 0.6) is 5.75 Å². The van der Waals surface area contributed by atoms with Crippen molar-refractivity contribution in [2.45, 2.75) is 13.8 Å². The van der Waals surface area contributed by atoms with Crippen molar-refractivity contribution < 1.29 is 14.5 Å². The van der Waals surface area contributed by atoms with E-state index >= 15 is 0 Å². The number of nitrogens with zero attached hydrogens (tertiary/aromatic N) is 2. The van der Waals surface area contributed by atoms with Gasteiger partial charge in [0.05, 0.1) is 11.3 Å². The van der Waals surface area contributed by atoms with Crippen LogP contribution in [-0.4, -0.2) is 31.5 Å². The summed E-state index contributed by atoms with van der Waals surface area (Å²) in [5.74, 6) is 0.0335. The number of carbonyl (C=O) groups is 1. The molecule has 0 fully saturated rings. The Morgan fingerprint density at radius 3 is 2.52 bits per heavy atom. The molecule has 1 amide bonds. The van der Waals surface area contributed by atoms with E-state index in [2.05, 4.69) is 15.6 Å². The van der Waals surface area contributed by atoms with Crippen molar-refractivity contribution in [2.75, 3.05) is 14.2 Å². The van der Waals surface area contributed by atoms with Gasteiger partial charge in [0.15, 0.2) is 11.5 Å². The third-order valence-electron chi connectivity index (χ3n) is 3.48. The van der Waals surface area contributed by atoms with Crippen molar-refractivity contribution in [1.82, 2.24) is 5.32 Å². The second-order valence-corrected chi connectivity index (χ2v) is 5.34. The molecule has 2 aromatic carbocycles. The van der Waals surface area contributed by atoms with Gasteiger partial charge in [0.2, 0.25) is 0 Å². The smallest absolute Gasteiger partial charge is 0.273 e. The van der Waals surface area contributed by atoms with Crippen molar-refractivity contribution in [1.29, 1.82) is 0 Å². The van der Waals surface area contributed by atoms with Crippen LogP contribution in [0.2, 0.25) is 0 Å². The summed E-state index contributed by atoms with van der Waals surface area (Å²) in [4.78, 5) is 22.4. The molecule has 6 heteroatoms. The van der Waals surface area contributed by atoms with Gasteiger partial charge in [-0.1, -0.05) is 52.3 Å². The van der Waals surface area contributed by atoms with E-state index < -0.39 is 0 Å². The maximum absolute atomic E-state index is 12.0. The van der Waals surface area contributed by atoms with E-state index in [-0.39, 0.29) is 11.6 Å². The van der Waals surface area contributed by atoms with E-state index in [4.69, 9.17) is 9.68 Å². The second-order valence-electron chi connectivity index (χ2n) is 5.34. The quantitative estimate of drug-likeness (QED) is 0.650. The number of amides is 1. The van der Waals surface area contributed by atoms with Crippen LogP contribution in [0.15, 0.2) is 58.8 Å². The van der Waals surface area contributed by atoms with Crippen LogP contribution in [0.4, 0.5) is 0 Å². The molecule has 1 N–H and O–H groups in total. The van der Waals surface area contributed by atoms with E-state index in [1.807, 2.05) is 38.1 Å². The zero-order chi connectivity index (χ0) is 18.2. The van der Waals surface area contributed by atoms with Gasteiger partial charge in [-0.3, -0.25) is 4.79 Å². The average Bonchev–Trinajstić information content (AvgIpc) is 2.64. The minimum atomic E-state index is -0.378. The van der Waals surface area contributed by atoms with Gasteiger partial charge in [0.25, 0.3) is 5.91 Å². The summed E-state index contributed by atoms with van der Waals surface area (Å²) >= 11 is 0. The highest BCUT2D eigenvalue weighted by molar-refractivity contribution is 6.45. The Kier molecular flexibility index (Phi) is 6.28. The number of nitrogens with one attached hydrogen (secondary N) is 1. The lowest BCUT2D eigenvalue weighted by atomic mass is 10.1. The third kappa shape index (κ3) is 4.67. The molecule has 25 heavy (non-hydrogen) atoms. The fourth-order valence-corrected chi connectivity index (χ4v) is 2.20. The zero-order valence-corrected chi connectivity index (χ0v) is 14.7. The number of hydrogen-bond acceptors (Lipinski definition) is 5. The Hall–Kier alpha value is -3.15. The number of likely N-dealkylation sites (N-methyl/N-ethyl adjacent to an activating group) is 1. The second kappa shape index (κ2) is 8.63. The molecular weight excluding hydrogens is 318 g/mol. The van der Waals surface area contributed by atoms with Crippen LogP contribution in [-0.2, 0) is 9.63 Å². The van der Waals surface area contributed by atoms with Crippen LogP contribution in [0, 0.1) is 6.92 Å². The molecule has 0 unspecified atom stereocenters. The largest absolute Gasteiger partial charge is 0.398 e. The SMILES string of the molecule is CNC(=O)/C(=N\OC)c1ccccc1O/N=C(\C)c1cccc(C)c1. The standard InChI is InChI=1S/C19H21N3O3/c1-13-8-7-9-15(12-13)14(2)21-25-17-11-6-5-10-16(17)18(22-24-4)19(23)20-3/h5-12H,1-4H3,(H,20,23)/b21-14+,22-18-. The van der Waals surface area contributed by atoms with Gasteiger partial charge in [0.1, 0.15) is 7.11 Å². The molecule has 2 aromatic rings. The molecule has 0 bridgehead atoms. The molecule has 0 atom stereocenters. The lowest BCUT2D eigenvalue weighted by Gasteiger charge is -2.09. The van der Waals surface area contributed by atoms with Crippen molar-refractivity contribution >= 4 is 17.3 Å². The summed E-state index contributed by atoms with van der Waals surface area (Å²) in [6.07, 6.45) is 0. The van der Waals surface area contributed by atoms with E-state index in [0.29, 0.717) is 11.3 Å². The molecule has 6 nitrogen and oxygen atoms in total. The molecule has 0 saturated carbocycles. The van der Waals surface area contributed by atoms with Gasteiger partial charge in [-0.2, -0.15) is 0 Å². The van der Waals surface area contributed by atoms with E-state index in [9.17, 15) is 4.79 Å². The van der Waals surface area contributed by atoms with Gasteiger partial charge in [0, 0.05) is 7.05 Å². The predicted octanol–water partition coefficient (Wildman–Crippen LogP) is 2.89. The maximum atomic E-state index is 12.0.